The SMILES string of the molecule is CC(=O)NCCC(=O)N[C@@H](C)C12C[C@H]3C[C@@H](CC(c4ccc(Cl)cc4)(C3)C1)C2. The largest absolute Gasteiger partial charge is 0.356 e. The topological polar surface area (TPSA) is 58.2 Å². The number of carbonyl (C=O) groups excluding carboxylic acids is 2. The number of amides is 2. The fourth-order valence-electron chi connectivity index (χ4n) is 6.80. The van der Waals surface area contributed by atoms with Crippen LogP contribution in [0.15, 0.2) is 24.3 Å². The number of hydrogen-bond acceptors (Lipinski definition) is 2. The molecule has 0 aliphatic heterocycles. The highest BCUT2D eigenvalue weighted by atomic mass is 35.5. The zero-order valence-electron chi connectivity index (χ0n) is 16.9. The molecule has 3 atom stereocenters. The average molecular weight is 403 g/mol. The predicted octanol–water partition coefficient (Wildman–Crippen LogP) is 4.21. The van der Waals surface area contributed by atoms with Crippen molar-refractivity contribution in [1.29, 1.82) is 0 Å². The Bertz CT molecular complexity index is 746. The molecule has 2 amide bonds. The molecular weight excluding hydrogens is 372 g/mol. The molecule has 5 heteroatoms. The van der Waals surface area contributed by atoms with Gasteiger partial charge in [0.15, 0.2) is 0 Å². The van der Waals surface area contributed by atoms with Gasteiger partial charge in [-0.3, -0.25) is 9.59 Å². The molecule has 1 aromatic carbocycles. The van der Waals surface area contributed by atoms with Crippen LogP contribution in [0.3, 0.4) is 0 Å². The van der Waals surface area contributed by atoms with Crippen molar-refractivity contribution in [3.05, 3.63) is 34.9 Å². The maximum Gasteiger partial charge on any atom is 0.221 e. The van der Waals surface area contributed by atoms with E-state index in [2.05, 4.69) is 29.7 Å². The van der Waals surface area contributed by atoms with Crippen molar-refractivity contribution in [1.82, 2.24) is 10.6 Å². The van der Waals surface area contributed by atoms with Crippen LogP contribution >= 0.6 is 11.6 Å². The Morgan fingerprint density at radius 2 is 1.79 bits per heavy atom. The van der Waals surface area contributed by atoms with E-state index in [4.69, 9.17) is 11.6 Å². The van der Waals surface area contributed by atoms with Gasteiger partial charge < -0.3 is 10.6 Å². The van der Waals surface area contributed by atoms with Crippen LogP contribution in [0.2, 0.25) is 5.02 Å². The molecule has 152 valence electrons. The van der Waals surface area contributed by atoms with Gasteiger partial charge in [0, 0.05) is 31.0 Å². The summed E-state index contributed by atoms with van der Waals surface area (Å²) in [6.07, 6.45) is 7.85. The highest BCUT2D eigenvalue weighted by Gasteiger charge is 2.59. The fourth-order valence-corrected chi connectivity index (χ4v) is 6.93. The van der Waals surface area contributed by atoms with Gasteiger partial charge >= 0.3 is 0 Å². The van der Waals surface area contributed by atoms with Crippen LogP contribution < -0.4 is 10.6 Å². The quantitative estimate of drug-likeness (QED) is 0.748. The first kappa shape index (κ1) is 19.8. The van der Waals surface area contributed by atoms with Gasteiger partial charge in [-0.1, -0.05) is 23.7 Å². The van der Waals surface area contributed by atoms with Gasteiger partial charge in [-0.05, 0) is 85.8 Å². The second-order valence-corrected chi connectivity index (χ2v) is 10.1. The predicted molar refractivity (Wildman–Crippen MR) is 111 cm³/mol. The summed E-state index contributed by atoms with van der Waals surface area (Å²) in [7, 11) is 0. The van der Waals surface area contributed by atoms with Crippen LogP contribution in [0.25, 0.3) is 0 Å². The van der Waals surface area contributed by atoms with E-state index >= 15 is 0 Å². The molecule has 4 aliphatic rings. The van der Waals surface area contributed by atoms with E-state index in [0.29, 0.717) is 13.0 Å². The van der Waals surface area contributed by atoms with Crippen molar-refractivity contribution in [3.8, 4) is 0 Å². The van der Waals surface area contributed by atoms with Gasteiger partial charge in [-0.15, -0.1) is 0 Å². The second kappa shape index (κ2) is 7.37. The van der Waals surface area contributed by atoms with Crippen LogP contribution in [-0.4, -0.2) is 24.4 Å². The summed E-state index contributed by atoms with van der Waals surface area (Å²) < 4.78 is 0. The summed E-state index contributed by atoms with van der Waals surface area (Å²) in [6, 6.07) is 8.65. The molecule has 4 aliphatic carbocycles. The Morgan fingerprint density at radius 1 is 1.14 bits per heavy atom. The minimum atomic E-state index is -0.0909. The van der Waals surface area contributed by atoms with Crippen LogP contribution in [-0.2, 0) is 15.0 Å². The number of benzene rings is 1. The van der Waals surface area contributed by atoms with Gasteiger partial charge in [-0.25, -0.2) is 0 Å². The van der Waals surface area contributed by atoms with Crippen molar-refractivity contribution in [2.75, 3.05) is 6.54 Å². The van der Waals surface area contributed by atoms with Crippen molar-refractivity contribution < 1.29 is 9.59 Å². The van der Waals surface area contributed by atoms with E-state index in [0.717, 1.165) is 23.3 Å². The molecule has 0 saturated heterocycles. The lowest BCUT2D eigenvalue weighted by molar-refractivity contribution is -0.127. The lowest BCUT2D eigenvalue weighted by atomic mass is 9.41. The fraction of sp³-hybridized carbons (Fsp3) is 0.652. The Morgan fingerprint density at radius 3 is 2.39 bits per heavy atom. The third kappa shape index (κ3) is 3.68. The number of halogens is 1. The number of hydrogen-bond donors (Lipinski definition) is 2. The number of rotatable bonds is 6. The van der Waals surface area contributed by atoms with E-state index < -0.39 is 0 Å². The molecule has 0 spiro atoms. The minimum Gasteiger partial charge on any atom is -0.356 e. The summed E-state index contributed by atoms with van der Waals surface area (Å²) in [5.74, 6) is 1.47. The first-order chi connectivity index (χ1) is 13.3. The first-order valence-corrected chi connectivity index (χ1v) is 11.0. The molecule has 0 unspecified atom stereocenters. The summed E-state index contributed by atoms with van der Waals surface area (Å²) in [5, 5.41) is 6.78. The van der Waals surface area contributed by atoms with E-state index in [1.165, 1.54) is 44.6 Å². The standard InChI is InChI=1S/C23H31ClN2O2/c1-15(26-21(28)7-8-25-16(2)27)22-10-17-9-18(11-22)13-23(12-17,14-22)19-3-5-20(24)6-4-19/h3-6,15,17-18H,7-14H2,1-2H3,(H,25,27)(H,26,28)/t15-,17+,18+,22?,23?/m0/s1. The van der Waals surface area contributed by atoms with Gasteiger partial charge in [0.2, 0.25) is 11.8 Å². The van der Waals surface area contributed by atoms with E-state index in [1.54, 1.807) is 0 Å². The molecule has 4 saturated carbocycles. The summed E-state index contributed by atoms with van der Waals surface area (Å²) in [4.78, 5) is 23.5. The molecule has 1 aromatic rings. The van der Waals surface area contributed by atoms with Crippen LogP contribution in [0.1, 0.15) is 64.4 Å². The van der Waals surface area contributed by atoms with Gasteiger partial charge in [0.25, 0.3) is 0 Å². The monoisotopic (exact) mass is 402 g/mol. The van der Waals surface area contributed by atoms with Gasteiger partial charge in [0.1, 0.15) is 0 Å². The molecule has 4 bridgehead atoms. The molecule has 28 heavy (non-hydrogen) atoms. The summed E-state index contributed by atoms with van der Waals surface area (Å²) in [6.45, 7) is 4.08. The lowest BCUT2D eigenvalue weighted by Gasteiger charge is -2.64. The summed E-state index contributed by atoms with van der Waals surface area (Å²) in [5.41, 5.74) is 1.86. The Hall–Kier alpha value is -1.55. The lowest BCUT2D eigenvalue weighted by Crippen LogP contribution is -2.60. The van der Waals surface area contributed by atoms with Crippen LogP contribution in [0, 0.1) is 17.3 Å². The Kier molecular flexibility index (Phi) is 5.20. The van der Waals surface area contributed by atoms with Crippen LogP contribution in [0.4, 0.5) is 0 Å². The number of carbonyl (C=O) groups is 2. The third-order valence-electron chi connectivity index (χ3n) is 7.58. The third-order valence-corrected chi connectivity index (χ3v) is 7.84. The van der Waals surface area contributed by atoms with Crippen molar-refractivity contribution in [2.45, 2.75) is 70.3 Å². The zero-order valence-corrected chi connectivity index (χ0v) is 17.6. The number of nitrogens with one attached hydrogen (secondary N) is 2. The Balaban J connectivity index is 1.50. The van der Waals surface area contributed by atoms with Crippen molar-refractivity contribution in [3.63, 3.8) is 0 Å². The molecular formula is C23H31ClN2O2. The molecule has 2 N–H and O–H groups in total. The second-order valence-electron chi connectivity index (χ2n) is 9.63. The van der Waals surface area contributed by atoms with Crippen molar-refractivity contribution in [2.24, 2.45) is 17.3 Å². The normalized spacial score (nSPS) is 34.1. The maximum absolute atomic E-state index is 12.4. The molecule has 5 rings (SSSR count). The Labute approximate surface area is 172 Å². The zero-order chi connectivity index (χ0) is 19.9. The molecule has 0 radical (unpaired) electrons. The highest BCUT2D eigenvalue weighted by molar-refractivity contribution is 6.30. The minimum absolute atomic E-state index is 0.0394. The van der Waals surface area contributed by atoms with Gasteiger partial charge in [-0.2, -0.15) is 0 Å². The molecule has 4 fully saturated rings. The van der Waals surface area contributed by atoms with Crippen LogP contribution in [0.5, 0.6) is 0 Å². The molecule has 0 heterocycles. The molecule has 0 aromatic heterocycles. The van der Waals surface area contributed by atoms with Crippen molar-refractivity contribution >= 4 is 23.4 Å². The van der Waals surface area contributed by atoms with Gasteiger partial charge in [0.05, 0.1) is 0 Å². The molecule has 4 nitrogen and oxygen atoms in total. The van der Waals surface area contributed by atoms with E-state index in [9.17, 15) is 9.59 Å². The highest BCUT2D eigenvalue weighted by Crippen LogP contribution is 2.66. The average Bonchev–Trinajstić information content (AvgIpc) is 2.60. The van der Waals surface area contributed by atoms with E-state index in [1.807, 2.05) is 12.1 Å². The smallest absolute Gasteiger partial charge is 0.221 e. The first-order valence-electron chi connectivity index (χ1n) is 10.6. The van der Waals surface area contributed by atoms with E-state index in [-0.39, 0.29) is 28.7 Å². The summed E-state index contributed by atoms with van der Waals surface area (Å²) >= 11 is 6.14. The maximum atomic E-state index is 12.4.